The molecular weight excluding hydrogens is 603 g/mol. The fourth-order valence-electron chi connectivity index (χ4n) is 7.95. The molecule has 0 saturated heterocycles. The van der Waals surface area contributed by atoms with Crippen LogP contribution in [0.3, 0.4) is 0 Å². The molecule has 48 heavy (non-hydrogen) atoms. The average molecular weight is 632 g/mol. The molecule has 8 aromatic rings. The van der Waals surface area contributed by atoms with Crippen LogP contribution in [0.1, 0.15) is 22.3 Å². The summed E-state index contributed by atoms with van der Waals surface area (Å²) < 4.78 is 2.33. The van der Waals surface area contributed by atoms with Crippen molar-refractivity contribution in [1.82, 2.24) is 9.55 Å². The zero-order valence-corrected chi connectivity index (χ0v) is 26.8. The predicted molar refractivity (Wildman–Crippen MR) is 198 cm³/mol. The van der Waals surface area contributed by atoms with Gasteiger partial charge in [-0.15, -0.1) is 0 Å². The van der Waals surface area contributed by atoms with E-state index < -0.39 is 5.41 Å². The van der Waals surface area contributed by atoms with Crippen LogP contribution in [0.15, 0.2) is 174 Å². The number of rotatable bonds is 3. The highest BCUT2D eigenvalue weighted by Crippen LogP contribution is 2.62. The second-order valence-electron chi connectivity index (χ2n) is 12.6. The summed E-state index contributed by atoms with van der Waals surface area (Å²) in [6.07, 6.45) is 0. The zero-order valence-electron chi connectivity index (χ0n) is 26.0. The number of imidazole rings is 1. The monoisotopic (exact) mass is 631 g/mol. The molecular formula is C44H29N3S. The van der Waals surface area contributed by atoms with E-state index in [2.05, 4.69) is 156 Å². The van der Waals surface area contributed by atoms with Gasteiger partial charge in [-0.1, -0.05) is 121 Å². The standard InChI is InChI=1S/C44H29N3S/c45-31-21-18-28(19-22-31)30-20-25-42-38(26-30)44(36-14-6-9-17-41(36)48-42)35-13-5-4-12-33(35)34-24-23-32(27-37(34)44)47-40-16-8-7-15-39(40)46-43(47)29-10-2-1-3-11-29/h1-27H,45H2. The normalized spacial score (nSPS) is 15.6. The van der Waals surface area contributed by atoms with Crippen molar-refractivity contribution >= 4 is 28.5 Å². The molecule has 0 bridgehead atoms. The van der Waals surface area contributed by atoms with E-state index in [0.29, 0.717) is 0 Å². The first kappa shape index (κ1) is 27.3. The topological polar surface area (TPSA) is 43.8 Å². The molecule has 4 heteroatoms. The van der Waals surface area contributed by atoms with Crippen LogP contribution in [0.25, 0.3) is 50.4 Å². The third-order valence-electron chi connectivity index (χ3n) is 10.0. The van der Waals surface area contributed by atoms with E-state index >= 15 is 0 Å². The summed E-state index contributed by atoms with van der Waals surface area (Å²) in [4.78, 5) is 7.74. The Labute approximate surface area is 283 Å². The molecule has 1 unspecified atom stereocenters. The SMILES string of the molecule is Nc1ccc(-c2ccc3c(c2)C2(c4ccccc4S3)c3ccccc3-c3ccc(-n4c(-c5ccccc5)nc5ccccc54)cc32)cc1. The molecule has 0 saturated carbocycles. The lowest BCUT2D eigenvalue weighted by Crippen LogP contribution is -2.32. The summed E-state index contributed by atoms with van der Waals surface area (Å²) >= 11 is 1.87. The molecule has 1 atom stereocenters. The van der Waals surface area contributed by atoms with Crippen molar-refractivity contribution in [2.24, 2.45) is 0 Å². The fraction of sp³-hybridized carbons (Fsp3) is 0.0227. The van der Waals surface area contributed by atoms with Gasteiger partial charge in [-0.05, 0) is 99.1 Å². The first-order chi connectivity index (χ1) is 23.7. The highest BCUT2D eigenvalue weighted by atomic mass is 32.2. The zero-order chi connectivity index (χ0) is 31.8. The Hall–Kier alpha value is -5.84. The van der Waals surface area contributed by atoms with Crippen LogP contribution in [0, 0.1) is 0 Å². The first-order valence-corrected chi connectivity index (χ1v) is 17.1. The maximum absolute atomic E-state index is 6.10. The second-order valence-corrected chi connectivity index (χ2v) is 13.7. The van der Waals surface area contributed by atoms with Crippen LogP contribution in [0.2, 0.25) is 0 Å². The number of nitrogens with zero attached hydrogens (tertiary/aromatic N) is 2. The van der Waals surface area contributed by atoms with Gasteiger partial charge < -0.3 is 5.73 Å². The van der Waals surface area contributed by atoms with E-state index in [9.17, 15) is 0 Å². The predicted octanol–water partition coefficient (Wildman–Crippen LogP) is 10.8. The number of anilines is 1. The Bertz CT molecular complexity index is 2550. The number of fused-ring (bicyclic) bond motifs is 10. The van der Waals surface area contributed by atoms with Gasteiger partial charge in [-0.25, -0.2) is 4.98 Å². The Balaban J connectivity index is 1.30. The maximum Gasteiger partial charge on any atom is 0.145 e. The van der Waals surface area contributed by atoms with Crippen LogP contribution in [-0.4, -0.2) is 9.55 Å². The molecule has 7 aromatic carbocycles. The van der Waals surface area contributed by atoms with Gasteiger partial charge in [0.15, 0.2) is 0 Å². The minimum Gasteiger partial charge on any atom is -0.399 e. The minimum atomic E-state index is -0.508. The van der Waals surface area contributed by atoms with E-state index in [4.69, 9.17) is 10.7 Å². The molecule has 0 amide bonds. The summed E-state index contributed by atoms with van der Waals surface area (Å²) in [6, 6.07) is 59.1. The molecule has 1 spiro atoms. The molecule has 10 rings (SSSR count). The van der Waals surface area contributed by atoms with E-state index in [1.165, 1.54) is 48.7 Å². The third-order valence-corrected chi connectivity index (χ3v) is 11.2. The van der Waals surface area contributed by atoms with Crippen molar-refractivity contribution in [3.05, 3.63) is 186 Å². The Kier molecular flexibility index (Phi) is 5.87. The van der Waals surface area contributed by atoms with Crippen molar-refractivity contribution in [3.63, 3.8) is 0 Å². The van der Waals surface area contributed by atoms with Crippen molar-refractivity contribution in [2.45, 2.75) is 15.2 Å². The van der Waals surface area contributed by atoms with Gasteiger partial charge in [0.25, 0.3) is 0 Å². The van der Waals surface area contributed by atoms with Crippen molar-refractivity contribution < 1.29 is 0 Å². The van der Waals surface area contributed by atoms with Crippen molar-refractivity contribution in [2.75, 3.05) is 5.73 Å². The summed E-state index contributed by atoms with van der Waals surface area (Å²) in [5, 5.41) is 0. The molecule has 2 heterocycles. The second kappa shape index (κ2) is 10.3. The third kappa shape index (κ3) is 3.81. The number of benzene rings is 7. The summed E-state index contributed by atoms with van der Waals surface area (Å²) in [7, 11) is 0. The van der Waals surface area contributed by atoms with Crippen LogP contribution >= 0.6 is 11.8 Å². The Morgan fingerprint density at radius 1 is 0.500 bits per heavy atom. The number of hydrogen-bond donors (Lipinski definition) is 1. The molecule has 0 fully saturated rings. The van der Waals surface area contributed by atoms with E-state index in [1.54, 1.807) is 0 Å². The lowest BCUT2D eigenvalue weighted by atomic mass is 9.67. The number of hydrogen-bond acceptors (Lipinski definition) is 3. The Morgan fingerprint density at radius 2 is 1.19 bits per heavy atom. The van der Waals surface area contributed by atoms with Crippen molar-refractivity contribution in [1.29, 1.82) is 0 Å². The fourth-order valence-corrected chi connectivity index (χ4v) is 9.12. The molecule has 1 aliphatic carbocycles. The number of nitrogen functional groups attached to an aromatic ring is 1. The number of para-hydroxylation sites is 2. The molecule has 3 nitrogen and oxygen atoms in total. The van der Waals surface area contributed by atoms with Crippen molar-refractivity contribution in [3.8, 4) is 39.3 Å². The van der Waals surface area contributed by atoms with E-state index in [-0.39, 0.29) is 0 Å². The molecule has 0 radical (unpaired) electrons. The minimum absolute atomic E-state index is 0.508. The molecule has 226 valence electrons. The smallest absolute Gasteiger partial charge is 0.145 e. The highest BCUT2D eigenvalue weighted by molar-refractivity contribution is 7.99. The summed E-state index contributed by atoms with van der Waals surface area (Å²) in [5.74, 6) is 0.937. The van der Waals surface area contributed by atoms with Crippen LogP contribution in [0.5, 0.6) is 0 Å². The van der Waals surface area contributed by atoms with Gasteiger partial charge in [0.05, 0.1) is 16.4 Å². The number of aromatic nitrogens is 2. The van der Waals surface area contributed by atoms with Gasteiger partial charge in [0.1, 0.15) is 5.82 Å². The lowest BCUT2D eigenvalue weighted by molar-refractivity contribution is 0.722. The molecule has 1 aromatic heterocycles. The van der Waals surface area contributed by atoms with Gasteiger partial charge in [-0.3, -0.25) is 4.57 Å². The average Bonchev–Trinajstić information content (AvgIpc) is 3.67. The van der Waals surface area contributed by atoms with E-state index in [1.807, 2.05) is 23.9 Å². The van der Waals surface area contributed by atoms with E-state index in [0.717, 1.165) is 39.4 Å². The van der Waals surface area contributed by atoms with Gasteiger partial charge >= 0.3 is 0 Å². The summed E-state index contributed by atoms with van der Waals surface area (Å²) in [6.45, 7) is 0. The first-order valence-electron chi connectivity index (χ1n) is 16.3. The lowest BCUT2D eigenvalue weighted by Gasteiger charge is -2.40. The largest absolute Gasteiger partial charge is 0.399 e. The van der Waals surface area contributed by atoms with Gasteiger partial charge in [-0.2, -0.15) is 0 Å². The summed E-state index contributed by atoms with van der Waals surface area (Å²) in [5.41, 5.74) is 20.7. The highest BCUT2D eigenvalue weighted by Gasteiger charge is 2.50. The van der Waals surface area contributed by atoms with Crippen LogP contribution < -0.4 is 5.73 Å². The molecule has 2 N–H and O–H groups in total. The van der Waals surface area contributed by atoms with Gasteiger partial charge in [0, 0.05) is 26.7 Å². The quantitative estimate of drug-likeness (QED) is 0.197. The molecule has 2 aliphatic rings. The van der Waals surface area contributed by atoms with Crippen LogP contribution in [0.4, 0.5) is 5.69 Å². The maximum atomic E-state index is 6.10. The van der Waals surface area contributed by atoms with Gasteiger partial charge in [0.2, 0.25) is 0 Å². The Morgan fingerprint density at radius 3 is 2.06 bits per heavy atom. The number of nitrogens with two attached hydrogens (primary N) is 1. The molecule has 1 aliphatic heterocycles. The van der Waals surface area contributed by atoms with Crippen LogP contribution in [-0.2, 0) is 5.41 Å².